The van der Waals surface area contributed by atoms with Gasteiger partial charge in [-0.15, -0.1) is 0 Å². The predicted molar refractivity (Wildman–Crippen MR) is 64.9 cm³/mol. The maximum Gasteiger partial charge on any atom is 0.338 e. The molecule has 1 aromatic heterocycles. The Labute approximate surface area is 99.1 Å². The molecule has 1 heterocycles. The highest BCUT2D eigenvalue weighted by atomic mass is 16.4. The van der Waals surface area contributed by atoms with Crippen molar-refractivity contribution in [2.45, 2.75) is 26.5 Å². The predicted octanol–water partition coefficient (Wildman–Crippen LogP) is 2.09. The number of aliphatic hydroxyl groups excluding tert-OH is 1. The molecule has 2 aromatic rings. The average Bonchev–Trinajstić information content (AvgIpc) is 2.65. The lowest BCUT2D eigenvalue weighted by Gasteiger charge is -2.10. The van der Waals surface area contributed by atoms with E-state index in [1.165, 1.54) is 0 Å². The molecule has 0 spiro atoms. The number of hydrogen-bond acceptors (Lipinski definition) is 2. The number of aliphatic carboxylic acids is 1. The topological polar surface area (TPSA) is 62.5 Å². The lowest BCUT2D eigenvalue weighted by molar-refractivity contribution is -0.147. The first-order chi connectivity index (χ1) is 8.04. The first-order valence-corrected chi connectivity index (χ1v) is 5.55. The molecule has 0 amide bonds. The van der Waals surface area contributed by atoms with E-state index in [1.54, 1.807) is 6.07 Å². The molecule has 0 fully saturated rings. The van der Waals surface area contributed by atoms with Crippen molar-refractivity contribution in [3.05, 3.63) is 35.5 Å². The maximum atomic E-state index is 10.8. The highest BCUT2D eigenvalue weighted by Crippen LogP contribution is 2.25. The number of carbonyl (C=O) groups is 1. The van der Waals surface area contributed by atoms with Crippen LogP contribution in [0.1, 0.15) is 24.3 Å². The fourth-order valence-electron chi connectivity index (χ4n) is 2.09. The van der Waals surface area contributed by atoms with Gasteiger partial charge in [-0.3, -0.25) is 0 Å². The number of aliphatic hydroxyl groups is 1. The van der Waals surface area contributed by atoms with Gasteiger partial charge in [0.2, 0.25) is 0 Å². The summed E-state index contributed by atoms with van der Waals surface area (Å²) in [6, 6.07) is 7.64. The third kappa shape index (κ3) is 1.91. The van der Waals surface area contributed by atoms with Gasteiger partial charge in [0.05, 0.1) is 5.69 Å². The summed E-state index contributed by atoms with van der Waals surface area (Å²) >= 11 is 0. The molecular formula is C13H15NO3. The fourth-order valence-corrected chi connectivity index (χ4v) is 2.09. The summed E-state index contributed by atoms with van der Waals surface area (Å²) in [5, 5.41) is 19.5. The maximum absolute atomic E-state index is 10.8. The van der Waals surface area contributed by atoms with E-state index in [0.717, 1.165) is 16.5 Å². The van der Waals surface area contributed by atoms with Crippen molar-refractivity contribution < 1.29 is 15.0 Å². The molecule has 0 aliphatic rings. The van der Waals surface area contributed by atoms with Crippen molar-refractivity contribution in [1.82, 2.24) is 4.57 Å². The lowest BCUT2D eigenvalue weighted by atomic mass is 10.2. The number of aryl methyl sites for hydroxylation is 2. The number of carboxylic acids is 1. The van der Waals surface area contributed by atoms with E-state index < -0.39 is 12.1 Å². The minimum absolute atomic E-state index is 0.431. The van der Waals surface area contributed by atoms with Crippen molar-refractivity contribution in [2.75, 3.05) is 0 Å². The van der Waals surface area contributed by atoms with Crippen LogP contribution in [0.15, 0.2) is 24.3 Å². The molecule has 0 saturated heterocycles. The average molecular weight is 233 g/mol. The Hall–Kier alpha value is -1.81. The Bertz CT molecular complexity index is 571. The molecule has 0 radical (unpaired) electrons. The molecule has 1 aromatic carbocycles. The summed E-state index contributed by atoms with van der Waals surface area (Å²) in [7, 11) is 0. The third-order valence-electron chi connectivity index (χ3n) is 2.92. The quantitative estimate of drug-likeness (QED) is 0.853. The van der Waals surface area contributed by atoms with Crippen LogP contribution in [-0.2, 0) is 11.3 Å². The molecule has 2 rings (SSSR count). The second-order valence-corrected chi connectivity index (χ2v) is 4.12. The Morgan fingerprint density at radius 3 is 2.71 bits per heavy atom. The van der Waals surface area contributed by atoms with Gasteiger partial charge in [0.1, 0.15) is 0 Å². The highest BCUT2D eigenvalue weighted by molar-refractivity contribution is 5.84. The van der Waals surface area contributed by atoms with E-state index in [-0.39, 0.29) is 0 Å². The van der Waals surface area contributed by atoms with E-state index in [1.807, 2.05) is 36.6 Å². The summed E-state index contributed by atoms with van der Waals surface area (Å²) < 4.78 is 1.83. The number of hydrogen-bond donors (Lipinski definition) is 2. The second-order valence-electron chi connectivity index (χ2n) is 4.12. The summed E-state index contributed by atoms with van der Waals surface area (Å²) in [5.74, 6) is -1.22. The summed E-state index contributed by atoms with van der Waals surface area (Å²) in [6.07, 6.45) is -1.47. The molecular weight excluding hydrogens is 218 g/mol. The van der Waals surface area contributed by atoms with Gasteiger partial charge in [-0.25, -0.2) is 4.79 Å². The van der Waals surface area contributed by atoms with E-state index in [4.69, 9.17) is 5.11 Å². The molecule has 2 N–H and O–H groups in total. The minimum atomic E-state index is -1.47. The smallest absolute Gasteiger partial charge is 0.338 e. The van der Waals surface area contributed by atoms with Crippen LogP contribution >= 0.6 is 0 Å². The van der Waals surface area contributed by atoms with Gasteiger partial charge in [-0.1, -0.05) is 12.1 Å². The van der Waals surface area contributed by atoms with Crippen molar-refractivity contribution in [3.63, 3.8) is 0 Å². The Balaban J connectivity index is 2.68. The molecule has 4 nitrogen and oxygen atoms in total. The summed E-state index contributed by atoms with van der Waals surface area (Å²) in [4.78, 5) is 10.8. The molecule has 0 aliphatic heterocycles. The van der Waals surface area contributed by atoms with Crippen molar-refractivity contribution >= 4 is 16.9 Å². The van der Waals surface area contributed by atoms with Gasteiger partial charge < -0.3 is 14.8 Å². The molecule has 1 unspecified atom stereocenters. The first kappa shape index (κ1) is 11.7. The van der Waals surface area contributed by atoms with Crippen molar-refractivity contribution in [3.8, 4) is 0 Å². The normalized spacial score (nSPS) is 12.9. The molecule has 1 atom stereocenters. The van der Waals surface area contributed by atoms with Crippen molar-refractivity contribution in [1.29, 1.82) is 0 Å². The van der Waals surface area contributed by atoms with Crippen LogP contribution in [0, 0.1) is 6.92 Å². The van der Waals surface area contributed by atoms with Gasteiger partial charge in [-0.05, 0) is 36.9 Å². The van der Waals surface area contributed by atoms with Crippen LogP contribution < -0.4 is 0 Å². The Morgan fingerprint density at radius 1 is 1.41 bits per heavy atom. The van der Waals surface area contributed by atoms with Crippen LogP contribution in [0.3, 0.4) is 0 Å². The van der Waals surface area contributed by atoms with Crippen LogP contribution in [0.25, 0.3) is 10.9 Å². The van der Waals surface area contributed by atoms with E-state index in [9.17, 15) is 9.90 Å². The summed E-state index contributed by atoms with van der Waals surface area (Å²) in [6.45, 7) is 4.55. The highest BCUT2D eigenvalue weighted by Gasteiger charge is 2.21. The lowest BCUT2D eigenvalue weighted by Crippen LogP contribution is -2.14. The molecule has 0 aliphatic carbocycles. The minimum Gasteiger partial charge on any atom is -0.479 e. The number of benzene rings is 1. The zero-order valence-electron chi connectivity index (χ0n) is 9.84. The number of nitrogens with zero attached hydrogens (tertiary/aromatic N) is 1. The van der Waals surface area contributed by atoms with Crippen LogP contribution in [0.5, 0.6) is 0 Å². The van der Waals surface area contributed by atoms with Gasteiger partial charge in [0, 0.05) is 12.1 Å². The zero-order valence-corrected chi connectivity index (χ0v) is 9.84. The number of aromatic nitrogens is 1. The van der Waals surface area contributed by atoms with Crippen molar-refractivity contribution in [2.24, 2.45) is 0 Å². The van der Waals surface area contributed by atoms with Gasteiger partial charge in [0.15, 0.2) is 6.10 Å². The standard InChI is InChI=1S/C13H15NO3/c1-3-14-10-6-8(2)4-5-9(10)7-11(14)12(15)13(16)17/h4-7,12,15H,3H2,1-2H3,(H,16,17). The SMILES string of the molecule is CCn1c(C(O)C(=O)O)cc2ccc(C)cc21. The largest absolute Gasteiger partial charge is 0.479 e. The molecule has 90 valence electrons. The summed E-state index contributed by atoms with van der Waals surface area (Å²) in [5.41, 5.74) is 2.50. The molecule has 0 saturated carbocycles. The fraction of sp³-hybridized carbons (Fsp3) is 0.308. The molecule has 17 heavy (non-hydrogen) atoms. The van der Waals surface area contributed by atoms with Crippen LogP contribution in [0.2, 0.25) is 0 Å². The van der Waals surface area contributed by atoms with Crippen LogP contribution in [-0.4, -0.2) is 20.7 Å². The number of rotatable bonds is 3. The number of fused-ring (bicyclic) bond motifs is 1. The third-order valence-corrected chi connectivity index (χ3v) is 2.92. The Morgan fingerprint density at radius 2 is 2.12 bits per heavy atom. The van der Waals surface area contributed by atoms with Gasteiger partial charge >= 0.3 is 5.97 Å². The zero-order chi connectivity index (χ0) is 12.6. The number of carboxylic acid groups (broad SMARTS) is 1. The van der Waals surface area contributed by atoms with E-state index in [0.29, 0.717) is 12.2 Å². The monoisotopic (exact) mass is 233 g/mol. The second kappa shape index (κ2) is 4.22. The van der Waals surface area contributed by atoms with Gasteiger partial charge in [0.25, 0.3) is 0 Å². The first-order valence-electron chi connectivity index (χ1n) is 5.55. The van der Waals surface area contributed by atoms with Gasteiger partial charge in [-0.2, -0.15) is 0 Å². The van der Waals surface area contributed by atoms with Crippen LogP contribution in [0.4, 0.5) is 0 Å². The van der Waals surface area contributed by atoms with E-state index in [2.05, 4.69) is 0 Å². The Kier molecular flexibility index (Phi) is 2.90. The van der Waals surface area contributed by atoms with E-state index >= 15 is 0 Å². The molecule has 4 heteroatoms. The molecule has 0 bridgehead atoms.